The second kappa shape index (κ2) is 7.38. The standard InChI is InChI=1S/C25H28N2O2S/c1-3-4-12-25-22(23(29)20-10-7-14-30-20)16(2)15-21(28)27(25)13-11-18-17-8-5-6-9-19(17)26-24(18)25/h5-10,14,16,22,26H,3-4,11-13,15H2,1-2H3/t16-,22+,25-/m1/s1. The van der Waals surface area contributed by atoms with E-state index in [4.69, 9.17) is 0 Å². The molecule has 0 radical (unpaired) electrons. The minimum Gasteiger partial charge on any atom is -0.356 e. The summed E-state index contributed by atoms with van der Waals surface area (Å²) < 4.78 is 0. The summed E-state index contributed by atoms with van der Waals surface area (Å²) in [5.41, 5.74) is 2.92. The molecule has 0 bridgehead atoms. The van der Waals surface area contributed by atoms with Gasteiger partial charge in [0.05, 0.1) is 16.3 Å². The van der Waals surface area contributed by atoms with Crippen LogP contribution in [0.5, 0.6) is 0 Å². The highest BCUT2D eigenvalue weighted by Gasteiger charge is 2.58. The van der Waals surface area contributed by atoms with Gasteiger partial charge in [0.25, 0.3) is 0 Å². The van der Waals surface area contributed by atoms with E-state index in [2.05, 4.69) is 41.9 Å². The molecule has 2 aromatic heterocycles. The average molecular weight is 421 g/mol. The van der Waals surface area contributed by atoms with Crippen molar-refractivity contribution in [2.45, 2.75) is 51.5 Å². The summed E-state index contributed by atoms with van der Waals surface area (Å²) in [5, 5.41) is 3.20. The van der Waals surface area contributed by atoms with Crippen LogP contribution in [0.4, 0.5) is 0 Å². The van der Waals surface area contributed by atoms with E-state index in [9.17, 15) is 9.59 Å². The molecule has 1 amide bonds. The topological polar surface area (TPSA) is 53.2 Å². The van der Waals surface area contributed by atoms with E-state index in [1.54, 1.807) is 0 Å². The molecule has 1 saturated heterocycles. The average Bonchev–Trinajstić information content (AvgIpc) is 3.40. The number of hydrogen-bond acceptors (Lipinski definition) is 3. The molecule has 4 nitrogen and oxygen atoms in total. The zero-order valence-electron chi connectivity index (χ0n) is 17.6. The predicted molar refractivity (Wildman–Crippen MR) is 121 cm³/mol. The van der Waals surface area contributed by atoms with Crippen LogP contribution in [0.15, 0.2) is 41.8 Å². The normalized spacial score (nSPS) is 25.9. The highest BCUT2D eigenvalue weighted by atomic mass is 32.1. The Hall–Kier alpha value is -2.40. The zero-order chi connectivity index (χ0) is 20.9. The van der Waals surface area contributed by atoms with Crippen LogP contribution >= 0.6 is 11.3 Å². The molecule has 0 spiro atoms. The molecule has 0 aliphatic carbocycles. The molecule has 1 N–H and O–H groups in total. The van der Waals surface area contributed by atoms with Gasteiger partial charge in [-0.1, -0.05) is 51.0 Å². The first-order valence-electron chi connectivity index (χ1n) is 11.1. The monoisotopic (exact) mass is 420 g/mol. The summed E-state index contributed by atoms with van der Waals surface area (Å²) in [7, 11) is 0. The lowest BCUT2D eigenvalue weighted by Gasteiger charge is -2.55. The Labute approximate surface area is 181 Å². The first kappa shape index (κ1) is 19.6. The number of unbranched alkanes of at least 4 members (excludes halogenated alkanes) is 1. The third-order valence-corrected chi connectivity index (χ3v) is 8.04. The van der Waals surface area contributed by atoms with Gasteiger partial charge in [0, 0.05) is 29.6 Å². The van der Waals surface area contributed by atoms with Crippen LogP contribution in [-0.4, -0.2) is 28.1 Å². The Balaban J connectivity index is 1.77. The number of hydrogen-bond donors (Lipinski definition) is 1. The van der Waals surface area contributed by atoms with Gasteiger partial charge in [0.2, 0.25) is 5.91 Å². The summed E-state index contributed by atoms with van der Waals surface area (Å²) in [5.74, 6) is 0.167. The molecule has 2 aliphatic rings. The fraction of sp³-hybridized carbons (Fsp3) is 0.440. The quantitative estimate of drug-likeness (QED) is 0.551. The van der Waals surface area contributed by atoms with E-state index in [1.807, 2.05) is 23.6 Å². The number of aromatic nitrogens is 1. The van der Waals surface area contributed by atoms with Gasteiger partial charge in [-0.3, -0.25) is 9.59 Å². The Morgan fingerprint density at radius 1 is 1.27 bits per heavy atom. The van der Waals surface area contributed by atoms with Crippen molar-refractivity contribution in [2.75, 3.05) is 6.54 Å². The number of amides is 1. The van der Waals surface area contributed by atoms with Crippen LogP contribution in [0.25, 0.3) is 10.9 Å². The molecule has 4 heterocycles. The number of fused-ring (bicyclic) bond motifs is 5. The van der Waals surface area contributed by atoms with E-state index in [-0.39, 0.29) is 23.5 Å². The summed E-state index contributed by atoms with van der Waals surface area (Å²) in [6.07, 6.45) is 4.13. The van der Waals surface area contributed by atoms with Crippen molar-refractivity contribution in [3.05, 3.63) is 57.9 Å². The van der Waals surface area contributed by atoms with Crippen LogP contribution in [0.3, 0.4) is 0 Å². The lowest BCUT2D eigenvalue weighted by molar-refractivity contribution is -0.151. The number of carbonyl (C=O) groups excluding carboxylic acids is 2. The van der Waals surface area contributed by atoms with Gasteiger partial charge in [-0.25, -0.2) is 0 Å². The molecule has 1 fully saturated rings. The highest BCUT2D eigenvalue weighted by Crippen LogP contribution is 2.53. The van der Waals surface area contributed by atoms with Gasteiger partial charge in [0.15, 0.2) is 5.78 Å². The van der Waals surface area contributed by atoms with Gasteiger partial charge in [-0.15, -0.1) is 11.3 Å². The number of carbonyl (C=O) groups is 2. The van der Waals surface area contributed by atoms with Crippen molar-refractivity contribution in [1.82, 2.24) is 9.88 Å². The highest BCUT2D eigenvalue weighted by molar-refractivity contribution is 7.12. The second-order valence-electron chi connectivity index (χ2n) is 8.85. The van der Waals surface area contributed by atoms with Crippen LogP contribution in [0, 0.1) is 11.8 Å². The SMILES string of the molecule is CCCC[C@@]12c3[nH]c4ccccc4c3CCN1C(=O)C[C@@H](C)[C@H]2C(=O)c1cccs1. The first-order chi connectivity index (χ1) is 14.6. The maximum Gasteiger partial charge on any atom is 0.223 e. The van der Waals surface area contributed by atoms with Gasteiger partial charge in [-0.2, -0.15) is 0 Å². The lowest BCUT2D eigenvalue weighted by Crippen LogP contribution is -2.64. The molecule has 30 heavy (non-hydrogen) atoms. The fourth-order valence-electron chi connectivity index (χ4n) is 5.94. The number of rotatable bonds is 5. The first-order valence-corrected chi connectivity index (χ1v) is 11.9. The minimum absolute atomic E-state index is 0.0116. The maximum atomic E-state index is 13.9. The van der Waals surface area contributed by atoms with Crippen LogP contribution in [0.2, 0.25) is 0 Å². The molecule has 5 heteroatoms. The molecular formula is C25H28N2O2S. The molecule has 3 aromatic rings. The van der Waals surface area contributed by atoms with Crippen molar-refractivity contribution in [3.8, 4) is 0 Å². The number of ketones is 1. The second-order valence-corrected chi connectivity index (χ2v) is 9.80. The molecule has 1 aromatic carbocycles. The van der Waals surface area contributed by atoms with Crippen LogP contribution in [-0.2, 0) is 16.8 Å². The molecule has 0 saturated carbocycles. The number of aromatic amines is 1. The van der Waals surface area contributed by atoms with Gasteiger partial charge < -0.3 is 9.88 Å². The van der Waals surface area contributed by atoms with Crippen molar-refractivity contribution in [2.24, 2.45) is 11.8 Å². The van der Waals surface area contributed by atoms with E-state index < -0.39 is 5.54 Å². The Morgan fingerprint density at radius 3 is 2.87 bits per heavy atom. The van der Waals surface area contributed by atoms with Crippen LogP contribution in [0.1, 0.15) is 60.5 Å². The number of benzene rings is 1. The third-order valence-electron chi connectivity index (χ3n) is 7.15. The minimum atomic E-state index is -0.585. The van der Waals surface area contributed by atoms with Crippen molar-refractivity contribution < 1.29 is 9.59 Å². The number of nitrogens with zero attached hydrogens (tertiary/aromatic N) is 1. The molecule has 156 valence electrons. The molecule has 3 atom stereocenters. The van der Waals surface area contributed by atoms with Gasteiger partial charge >= 0.3 is 0 Å². The van der Waals surface area contributed by atoms with Crippen molar-refractivity contribution in [3.63, 3.8) is 0 Å². The molecule has 5 rings (SSSR count). The number of nitrogens with one attached hydrogen (secondary N) is 1. The van der Waals surface area contributed by atoms with E-state index in [0.29, 0.717) is 13.0 Å². The van der Waals surface area contributed by atoms with E-state index >= 15 is 0 Å². The number of para-hydroxylation sites is 1. The predicted octanol–water partition coefficient (Wildman–Crippen LogP) is 5.54. The Bertz CT molecular complexity index is 1100. The fourth-order valence-corrected chi connectivity index (χ4v) is 6.65. The number of H-pyrrole nitrogens is 1. The Morgan fingerprint density at radius 2 is 2.10 bits per heavy atom. The summed E-state index contributed by atoms with van der Waals surface area (Å²) in [6, 6.07) is 12.3. The van der Waals surface area contributed by atoms with Gasteiger partial charge in [0.1, 0.15) is 0 Å². The molecule has 2 aliphatic heterocycles. The zero-order valence-corrected chi connectivity index (χ0v) is 18.4. The smallest absolute Gasteiger partial charge is 0.223 e. The lowest BCUT2D eigenvalue weighted by atomic mass is 9.62. The summed E-state index contributed by atoms with van der Waals surface area (Å²) in [6.45, 7) is 4.97. The number of piperidine rings is 1. The molecule has 0 unspecified atom stereocenters. The van der Waals surface area contributed by atoms with E-state index in [0.717, 1.165) is 41.8 Å². The van der Waals surface area contributed by atoms with E-state index in [1.165, 1.54) is 22.3 Å². The summed E-state index contributed by atoms with van der Waals surface area (Å²) >= 11 is 1.51. The van der Waals surface area contributed by atoms with Crippen molar-refractivity contribution in [1.29, 1.82) is 0 Å². The number of Topliss-reactive ketones (excluding diaryl/α,β-unsaturated/α-hetero) is 1. The largest absolute Gasteiger partial charge is 0.356 e. The number of thiophene rings is 1. The Kier molecular flexibility index (Phi) is 4.81. The maximum absolute atomic E-state index is 13.9. The summed E-state index contributed by atoms with van der Waals surface area (Å²) in [4.78, 5) is 33.7. The van der Waals surface area contributed by atoms with Crippen LogP contribution < -0.4 is 0 Å². The van der Waals surface area contributed by atoms with Crippen molar-refractivity contribution >= 4 is 33.9 Å². The third kappa shape index (κ3) is 2.71. The molecular weight excluding hydrogens is 392 g/mol. The van der Waals surface area contributed by atoms with Gasteiger partial charge in [-0.05, 0) is 41.8 Å².